The molecule has 0 spiro atoms. The monoisotopic (exact) mass is 261 g/mol. The number of oxazole rings is 1. The third-order valence-corrected chi connectivity index (χ3v) is 2.55. The molecule has 0 saturated heterocycles. The van der Waals surface area contributed by atoms with Gasteiger partial charge in [-0.05, 0) is 31.5 Å². The molecular weight excluding hydrogens is 242 g/mol. The maximum absolute atomic E-state index is 5.55. The van der Waals surface area contributed by atoms with Crippen molar-refractivity contribution in [2.75, 3.05) is 6.54 Å². The van der Waals surface area contributed by atoms with Crippen molar-refractivity contribution < 1.29 is 9.15 Å². The summed E-state index contributed by atoms with van der Waals surface area (Å²) >= 11 is 0. The Bertz CT molecular complexity index is 523. The largest absolute Gasteiger partial charge is 0.417 e. The number of nitrogens with zero attached hydrogens (tertiary/aromatic N) is 2. The summed E-state index contributed by atoms with van der Waals surface area (Å²) in [6, 6.07) is 3.65. The lowest BCUT2D eigenvalue weighted by Gasteiger charge is -2.04. The summed E-state index contributed by atoms with van der Waals surface area (Å²) in [4.78, 5) is 8.41. The minimum absolute atomic E-state index is 0.248. The molecule has 0 saturated carbocycles. The molecule has 0 atom stereocenters. The SMILES string of the molecule is Cc1ncccc1Oc1nc(CNCC(C)C)co1. The van der Waals surface area contributed by atoms with E-state index in [9.17, 15) is 0 Å². The molecular formula is C14H19N3O2. The Kier molecular flexibility index (Phi) is 4.52. The van der Waals surface area contributed by atoms with Crippen LogP contribution in [0.25, 0.3) is 0 Å². The molecule has 0 aromatic carbocycles. The van der Waals surface area contributed by atoms with E-state index in [1.165, 1.54) is 0 Å². The number of ether oxygens (including phenoxy) is 1. The molecule has 5 heteroatoms. The van der Waals surface area contributed by atoms with Gasteiger partial charge in [0.2, 0.25) is 0 Å². The van der Waals surface area contributed by atoms with Crippen molar-refractivity contribution in [3.05, 3.63) is 36.0 Å². The van der Waals surface area contributed by atoms with Gasteiger partial charge in [-0.1, -0.05) is 13.8 Å². The Morgan fingerprint density at radius 3 is 3.00 bits per heavy atom. The zero-order valence-electron chi connectivity index (χ0n) is 11.5. The molecule has 0 bridgehead atoms. The van der Waals surface area contributed by atoms with E-state index in [4.69, 9.17) is 9.15 Å². The topological polar surface area (TPSA) is 60.2 Å². The summed E-state index contributed by atoms with van der Waals surface area (Å²) in [7, 11) is 0. The van der Waals surface area contributed by atoms with Gasteiger partial charge in [0.25, 0.3) is 0 Å². The van der Waals surface area contributed by atoms with E-state index in [2.05, 4.69) is 29.1 Å². The third kappa shape index (κ3) is 4.06. The smallest absolute Gasteiger partial charge is 0.399 e. The van der Waals surface area contributed by atoms with Crippen molar-refractivity contribution in [1.29, 1.82) is 0 Å². The first-order valence-electron chi connectivity index (χ1n) is 6.39. The third-order valence-electron chi connectivity index (χ3n) is 2.55. The highest BCUT2D eigenvalue weighted by Gasteiger charge is 2.08. The zero-order valence-corrected chi connectivity index (χ0v) is 11.5. The Hall–Kier alpha value is -1.88. The fourth-order valence-corrected chi connectivity index (χ4v) is 1.58. The molecule has 2 aromatic heterocycles. The van der Waals surface area contributed by atoms with Crippen LogP contribution in [-0.4, -0.2) is 16.5 Å². The molecule has 2 aromatic rings. The number of rotatable bonds is 6. The van der Waals surface area contributed by atoms with E-state index in [0.29, 0.717) is 18.2 Å². The Labute approximate surface area is 113 Å². The molecule has 0 amide bonds. The van der Waals surface area contributed by atoms with Crippen molar-refractivity contribution in [3.8, 4) is 11.8 Å². The summed E-state index contributed by atoms with van der Waals surface area (Å²) < 4.78 is 10.8. The van der Waals surface area contributed by atoms with Crippen LogP contribution >= 0.6 is 0 Å². The molecule has 19 heavy (non-hydrogen) atoms. The summed E-state index contributed by atoms with van der Waals surface area (Å²) in [5.41, 5.74) is 1.64. The number of nitrogens with one attached hydrogen (secondary N) is 1. The molecule has 5 nitrogen and oxygen atoms in total. The minimum Gasteiger partial charge on any atom is -0.417 e. The Balaban J connectivity index is 1.92. The van der Waals surface area contributed by atoms with Gasteiger partial charge in [-0.25, -0.2) is 0 Å². The number of hydrogen-bond acceptors (Lipinski definition) is 5. The number of hydrogen-bond donors (Lipinski definition) is 1. The lowest BCUT2D eigenvalue weighted by molar-refractivity contribution is 0.328. The minimum atomic E-state index is 0.248. The molecule has 0 aliphatic heterocycles. The Morgan fingerprint density at radius 2 is 2.26 bits per heavy atom. The second-order valence-electron chi connectivity index (χ2n) is 4.82. The molecule has 0 aliphatic rings. The van der Waals surface area contributed by atoms with Crippen LogP contribution in [0.1, 0.15) is 25.2 Å². The average molecular weight is 261 g/mol. The first kappa shape index (κ1) is 13.5. The average Bonchev–Trinajstić information content (AvgIpc) is 2.79. The zero-order chi connectivity index (χ0) is 13.7. The van der Waals surface area contributed by atoms with Gasteiger partial charge in [0, 0.05) is 12.7 Å². The summed E-state index contributed by atoms with van der Waals surface area (Å²) in [6.07, 6.45) is 3.57. The maximum Gasteiger partial charge on any atom is 0.399 e. The van der Waals surface area contributed by atoms with Crippen LogP contribution in [0.3, 0.4) is 0 Å². The molecule has 1 N–H and O–H groups in total. The molecule has 0 unspecified atom stereocenters. The fourth-order valence-electron chi connectivity index (χ4n) is 1.58. The van der Waals surface area contributed by atoms with Gasteiger partial charge in [0.1, 0.15) is 6.26 Å². The molecule has 102 valence electrons. The van der Waals surface area contributed by atoms with Crippen LogP contribution in [0.4, 0.5) is 0 Å². The summed E-state index contributed by atoms with van der Waals surface area (Å²) in [6.45, 7) is 7.83. The lowest BCUT2D eigenvalue weighted by atomic mass is 10.2. The van der Waals surface area contributed by atoms with E-state index in [1.54, 1.807) is 12.5 Å². The maximum atomic E-state index is 5.55. The van der Waals surface area contributed by atoms with Gasteiger partial charge in [0.05, 0.1) is 11.4 Å². The molecule has 2 rings (SSSR count). The van der Waals surface area contributed by atoms with Crippen molar-refractivity contribution in [2.24, 2.45) is 5.92 Å². The second-order valence-corrected chi connectivity index (χ2v) is 4.82. The van der Waals surface area contributed by atoms with Crippen LogP contribution < -0.4 is 10.1 Å². The molecule has 2 heterocycles. The molecule has 0 aliphatic carbocycles. The van der Waals surface area contributed by atoms with Crippen molar-refractivity contribution in [1.82, 2.24) is 15.3 Å². The van der Waals surface area contributed by atoms with Crippen LogP contribution in [0.5, 0.6) is 11.8 Å². The van der Waals surface area contributed by atoms with Crippen molar-refractivity contribution in [2.45, 2.75) is 27.3 Å². The van der Waals surface area contributed by atoms with E-state index >= 15 is 0 Å². The predicted molar refractivity (Wildman–Crippen MR) is 72.1 cm³/mol. The van der Waals surface area contributed by atoms with Crippen molar-refractivity contribution in [3.63, 3.8) is 0 Å². The first-order valence-corrected chi connectivity index (χ1v) is 6.39. The van der Waals surface area contributed by atoms with Crippen LogP contribution in [-0.2, 0) is 6.54 Å². The fraction of sp³-hybridized carbons (Fsp3) is 0.429. The highest BCUT2D eigenvalue weighted by Crippen LogP contribution is 2.22. The van der Waals surface area contributed by atoms with Crippen molar-refractivity contribution >= 4 is 0 Å². The van der Waals surface area contributed by atoms with Gasteiger partial charge in [-0.2, -0.15) is 4.98 Å². The second kappa shape index (κ2) is 6.33. The van der Waals surface area contributed by atoms with Gasteiger partial charge in [0.15, 0.2) is 5.75 Å². The molecule has 0 fully saturated rings. The summed E-state index contributed by atoms with van der Waals surface area (Å²) in [5.74, 6) is 1.27. The normalized spacial score (nSPS) is 10.9. The Morgan fingerprint density at radius 1 is 1.42 bits per heavy atom. The van der Waals surface area contributed by atoms with Crippen LogP contribution in [0.2, 0.25) is 0 Å². The number of aromatic nitrogens is 2. The van der Waals surface area contributed by atoms with Crippen LogP contribution in [0, 0.1) is 12.8 Å². The van der Waals surface area contributed by atoms with E-state index < -0.39 is 0 Å². The standard InChI is InChI=1S/C14H19N3O2/c1-10(2)7-15-8-12-9-18-14(17-12)19-13-5-4-6-16-11(13)3/h4-6,9-10,15H,7-8H2,1-3H3. The lowest BCUT2D eigenvalue weighted by Crippen LogP contribution is -2.19. The van der Waals surface area contributed by atoms with Gasteiger partial charge in [-0.15, -0.1) is 0 Å². The predicted octanol–water partition coefficient (Wildman–Crippen LogP) is 2.92. The van der Waals surface area contributed by atoms with E-state index in [1.807, 2.05) is 19.1 Å². The van der Waals surface area contributed by atoms with Gasteiger partial charge >= 0.3 is 6.08 Å². The highest BCUT2D eigenvalue weighted by atomic mass is 16.6. The number of pyridine rings is 1. The van der Waals surface area contributed by atoms with E-state index in [0.717, 1.165) is 17.9 Å². The number of aryl methyl sites for hydroxylation is 1. The molecule has 0 radical (unpaired) electrons. The highest BCUT2D eigenvalue weighted by molar-refractivity contribution is 5.27. The van der Waals surface area contributed by atoms with Gasteiger partial charge in [-0.3, -0.25) is 4.98 Å². The van der Waals surface area contributed by atoms with Gasteiger partial charge < -0.3 is 14.5 Å². The van der Waals surface area contributed by atoms with Crippen LogP contribution in [0.15, 0.2) is 29.0 Å². The van der Waals surface area contributed by atoms with E-state index in [-0.39, 0.29) is 6.08 Å². The first-order chi connectivity index (χ1) is 9.15. The summed E-state index contributed by atoms with van der Waals surface area (Å²) in [5, 5.41) is 3.30. The quantitative estimate of drug-likeness (QED) is 0.866.